The first-order valence-electron chi connectivity index (χ1n) is 11.2. The lowest BCUT2D eigenvalue weighted by atomic mass is 9.84. The van der Waals surface area contributed by atoms with E-state index in [1.165, 1.54) is 6.92 Å². The van der Waals surface area contributed by atoms with Gasteiger partial charge in [0.05, 0.1) is 35.7 Å². The summed E-state index contributed by atoms with van der Waals surface area (Å²) < 4.78 is 19.5. The van der Waals surface area contributed by atoms with Gasteiger partial charge in [-0.25, -0.2) is 0 Å². The summed E-state index contributed by atoms with van der Waals surface area (Å²) in [4.78, 5) is 16.2. The van der Waals surface area contributed by atoms with Crippen molar-refractivity contribution in [3.8, 4) is 17.0 Å². The van der Waals surface area contributed by atoms with Crippen LogP contribution in [-0.4, -0.2) is 35.8 Å². The summed E-state index contributed by atoms with van der Waals surface area (Å²) in [5.74, 6) is 0.505. The van der Waals surface area contributed by atoms with E-state index in [1.54, 1.807) is 13.3 Å². The maximum absolute atomic E-state index is 11.5. The van der Waals surface area contributed by atoms with Gasteiger partial charge in [-0.1, -0.05) is 25.4 Å². The van der Waals surface area contributed by atoms with Gasteiger partial charge >= 0.3 is 5.97 Å². The van der Waals surface area contributed by atoms with Crippen LogP contribution in [0.4, 0.5) is 0 Å². The highest BCUT2D eigenvalue weighted by Crippen LogP contribution is 2.47. The maximum atomic E-state index is 11.5. The quantitative estimate of drug-likeness (QED) is 0.387. The lowest BCUT2D eigenvalue weighted by Gasteiger charge is -2.27. The van der Waals surface area contributed by atoms with Crippen LogP contribution in [0, 0.1) is 5.41 Å². The molecule has 0 saturated carbocycles. The largest absolute Gasteiger partial charge is 0.489 e. The van der Waals surface area contributed by atoms with Crippen LogP contribution in [0.2, 0.25) is 5.02 Å². The molecular formula is C26H31ClN2O4. The first-order valence-corrected chi connectivity index (χ1v) is 11.6. The summed E-state index contributed by atoms with van der Waals surface area (Å²) in [5, 5.41) is 1.68. The number of pyridine rings is 1. The molecule has 2 aromatic heterocycles. The fraction of sp³-hybridized carbons (Fsp3) is 0.462. The predicted octanol–water partition coefficient (Wildman–Crippen LogP) is 6.15. The standard InChI is InChI=1S/C26H31ClN2O4/c1-15-13-32-22-11-18(27)10-20-21(12-26(4,5)14-33-17(3)30)24(29(15)25(20)22)19-8-7-9-28-23(19)16(2)31-6/h7-11,15-16H,12-14H2,1-6H3/t15?,16-/m0/s1. The molecule has 0 N–H and O–H groups in total. The monoisotopic (exact) mass is 470 g/mol. The molecule has 4 rings (SSSR count). The number of nitrogens with zero attached hydrogens (tertiary/aromatic N) is 2. The number of aromatic nitrogens is 2. The molecule has 7 heteroatoms. The molecule has 1 aliphatic heterocycles. The minimum absolute atomic E-state index is 0.118. The first kappa shape index (κ1) is 23.6. The Hall–Kier alpha value is -2.57. The molecule has 0 radical (unpaired) electrons. The van der Waals surface area contributed by atoms with Crippen LogP contribution < -0.4 is 4.74 Å². The summed E-state index contributed by atoms with van der Waals surface area (Å²) in [6.07, 6.45) is 2.31. The molecule has 0 amide bonds. The minimum Gasteiger partial charge on any atom is -0.489 e. The van der Waals surface area contributed by atoms with Gasteiger partial charge in [0.15, 0.2) is 0 Å². The van der Waals surface area contributed by atoms with Gasteiger partial charge in [-0.15, -0.1) is 0 Å². The van der Waals surface area contributed by atoms with E-state index in [9.17, 15) is 4.79 Å². The number of hydrogen-bond acceptors (Lipinski definition) is 5. The van der Waals surface area contributed by atoms with E-state index in [-0.39, 0.29) is 23.5 Å². The van der Waals surface area contributed by atoms with E-state index in [4.69, 9.17) is 25.8 Å². The van der Waals surface area contributed by atoms with E-state index >= 15 is 0 Å². The molecule has 3 heterocycles. The number of halogens is 1. The Labute approximate surface area is 199 Å². The summed E-state index contributed by atoms with van der Waals surface area (Å²) in [5.41, 5.74) is 4.87. The van der Waals surface area contributed by atoms with Crippen molar-refractivity contribution in [2.45, 2.75) is 53.2 Å². The molecule has 1 aromatic carbocycles. The highest BCUT2D eigenvalue weighted by molar-refractivity contribution is 6.31. The molecule has 1 aliphatic rings. The van der Waals surface area contributed by atoms with Crippen LogP contribution >= 0.6 is 11.6 Å². The predicted molar refractivity (Wildman–Crippen MR) is 130 cm³/mol. The van der Waals surface area contributed by atoms with Gasteiger partial charge < -0.3 is 18.8 Å². The summed E-state index contributed by atoms with van der Waals surface area (Å²) in [7, 11) is 1.69. The third kappa shape index (κ3) is 4.46. The van der Waals surface area contributed by atoms with Crippen LogP contribution in [0.25, 0.3) is 22.2 Å². The van der Waals surface area contributed by atoms with E-state index in [0.717, 1.165) is 39.2 Å². The number of benzene rings is 1. The average Bonchev–Trinajstić information content (AvgIpc) is 3.08. The topological polar surface area (TPSA) is 62.6 Å². The maximum Gasteiger partial charge on any atom is 0.302 e. The molecule has 176 valence electrons. The minimum atomic E-state index is -0.296. The number of esters is 1. The molecule has 2 atom stereocenters. The number of hydrogen-bond donors (Lipinski definition) is 0. The molecule has 6 nitrogen and oxygen atoms in total. The Morgan fingerprint density at radius 1 is 1.39 bits per heavy atom. The molecule has 1 unspecified atom stereocenters. The van der Waals surface area contributed by atoms with Crippen molar-refractivity contribution < 1.29 is 19.0 Å². The zero-order chi connectivity index (χ0) is 23.9. The average molecular weight is 471 g/mol. The molecule has 0 spiro atoms. The van der Waals surface area contributed by atoms with E-state index in [1.807, 2.05) is 25.1 Å². The lowest BCUT2D eigenvalue weighted by molar-refractivity contribution is -0.143. The Balaban J connectivity index is 2.02. The Kier molecular flexibility index (Phi) is 6.43. The smallest absolute Gasteiger partial charge is 0.302 e. The van der Waals surface area contributed by atoms with Crippen molar-refractivity contribution in [3.05, 3.63) is 46.7 Å². The van der Waals surface area contributed by atoms with E-state index in [2.05, 4.69) is 36.4 Å². The normalized spacial score (nSPS) is 16.5. The van der Waals surface area contributed by atoms with E-state index < -0.39 is 0 Å². The molecule has 0 bridgehead atoms. The summed E-state index contributed by atoms with van der Waals surface area (Å²) in [6, 6.07) is 8.06. The van der Waals surface area contributed by atoms with Gasteiger partial charge in [0, 0.05) is 47.7 Å². The van der Waals surface area contributed by atoms with Gasteiger partial charge in [0.2, 0.25) is 0 Å². The molecule has 0 aliphatic carbocycles. The van der Waals surface area contributed by atoms with Gasteiger partial charge in [-0.2, -0.15) is 0 Å². The Morgan fingerprint density at radius 3 is 2.85 bits per heavy atom. The Morgan fingerprint density at radius 2 is 2.15 bits per heavy atom. The second kappa shape index (κ2) is 8.99. The zero-order valence-corrected chi connectivity index (χ0v) is 20.8. The van der Waals surface area contributed by atoms with Crippen LogP contribution in [0.5, 0.6) is 5.75 Å². The molecule has 0 saturated heterocycles. The lowest BCUT2D eigenvalue weighted by Crippen LogP contribution is -2.24. The number of carbonyl (C=O) groups is 1. The number of rotatable bonds is 7. The van der Waals surface area contributed by atoms with Gasteiger partial charge in [-0.05, 0) is 44.0 Å². The fourth-order valence-electron chi connectivity index (χ4n) is 4.62. The molecule has 0 fully saturated rings. The van der Waals surface area contributed by atoms with Crippen molar-refractivity contribution in [1.29, 1.82) is 0 Å². The highest BCUT2D eigenvalue weighted by Gasteiger charge is 2.33. The highest BCUT2D eigenvalue weighted by atomic mass is 35.5. The van der Waals surface area contributed by atoms with Gasteiger partial charge in [-0.3, -0.25) is 9.78 Å². The number of methoxy groups -OCH3 is 1. The van der Waals surface area contributed by atoms with Crippen LogP contribution in [-0.2, 0) is 20.7 Å². The van der Waals surface area contributed by atoms with Crippen LogP contribution in [0.15, 0.2) is 30.5 Å². The van der Waals surface area contributed by atoms with Gasteiger partial charge in [0.25, 0.3) is 0 Å². The summed E-state index contributed by atoms with van der Waals surface area (Å²) in [6.45, 7) is 10.7. The van der Waals surface area contributed by atoms with E-state index in [0.29, 0.717) is 24.7 Å². The van der Waals surface area contributed by atoms with Gasteiger partial charge in [0.1, 0.15) is 12.4 Å². The summed E-state index contributed by atoms with van der Waals surface area (Å²) >= 11 is 6.53. The zero-order valence-electron chi connectivity index (χ0n) is 20.1. The third-order valence-electron chi connectivity index (χ3n) is 6.21. The number of ether oxygens (including phenoxy) is 3. The van der Waals surface area contributed by atoms with Crippen molar-refractivity contribution >= 4 is 28.5 Å². The molecular weight excluding hydrogens is 440 g/mol. The molecule has 3 aromatic rings. The molecule has 33 heavy (non-hydrogen) atoms. The van der Waals surface area contributed by atoms with Crippen molar-refractivity contribution in [3.63, 3.8) is 0 Å². The Bertz CT molecular complexity index is 1200. The number of carbonyl (C=O) groups excluding carboxylic acids is 1. The third-order valence-corrected chi connectivity index (χ3v) is 6.43. The van der Waals surface area contributed by atoms with Crippen molar-refractivity contribution in [1.82, 2.24) is 9.55 Å². The van der Waals surface area contributed by atoms with Crippen LogP contribution in [0.3, 0.4) is 0 Å². The second-order valence-electron chi connectivity index (χ2n) is 9.59. The fourth-order valence-corrected chi connectivity index (χ4v) is 4.83. The van der Waals surface area contributed by atoms with Crippen molar-refractivity contribution in [2.24, 2.45) is 5.41 Å². The second-order valence-corrected chi connectivity index (χ2v) is 10.0. The van der Waals surface area contributed by atoms with Crippen molar-refractivity contribution in [2.75, 3.05) is 20.3 Å². The first-order chi connectivity index (χ1) is 15.6. The SMILES string of the molecule is CO[C@@H](C)c1ncccc1-c1c(CC(C)(C)COC(C)=O)c2cc(Cl)cc3c2n1C(C)CO3. The van der Waals surface area contributed by atoms with Crippen LogP contribution in [0.1, 0.15) is 58.0 Å².